The van der Waals surface area contributed by atoms with Gasteiger partial charge in [0.25, 0.3) is 0 Å². The van der Waals surface area contributed by atoms with Crippen LogP contribution in [0.4, 0.5) is 4.79 Å². The van der Waals surface area contributed by atoms with Gasteiger partial charge < -0.3 is 10.2 Å². The molecule has 0 atom stereocenters. The van der Waals surface area contributed by atoms with E-state index in [-0.39, 0.29) is 115 Å². The largest absolute Gasteiger partial charge is 0 e. The molecule has 0 saturated heterocycles. The van der Waals surface area contributed by atoms with Crippen LogP contribution < -0.4 is 0 Å². The molecule has 0 unspecified atom stereocenters. The van der Waals surface area contributed by atoms with Gasteiger partial charge in [-0.05, 0) is 0 Å². The minimum Gasteiger partial charge on any atom is 0 e. The van der Waals surface area contributed by atoms with Crippen molar-refractivity contribution >= 4 is 94.8 Å². The summed E-state index contributed by atoms with van der Waals surface area (Å²) in [7, 11) is 0. The van der Waals surface area contributed by atoms with Gasteiger partial charge in [-0.3, -0.25) is 0 Å². The first kappa shape index (κ1) is 30.4. The van der Waals surface area contributed by atoms with Crippen molar-refractivity contribution in [2.45, 2.75) is 0 Å². The van der Waals surface area contributed by atoms with E-state index in [1.165, 1.54) is 0 Å². The van der Waals surface area contributed by atoms with E-state index in [0.29, 0.717) is 0 Å². The molecule has 0 aromatic rings. The average molecular weight is 225 g/mol. The predicted octanol–water partition coefficient (Wildman–Crippen LogP) is -1.73. The molecule has 0 aliphatic rings. The summed E-state index contributed by atoms with van der Waals surface area (Å²) in [5, 5.41) is 13.9. The summed E-state index contributed by atoms with van der Waals surface area (Å²) < 4.78 is 0. The molecule has 0 bridgehead atoms. The molecule has 0 heterocycles. The minimum absolute atomic E-state index is 0. The third kappa shape index (κ3) is 61.2. The van der Waals surface area contributed by atoms with Crippen LogP contribution in [0.25, 0.3) is 0 Å². The van der Waals surface area contributed by atoms with Crippen LogP contribution >= 0.6 is 0 Å². The molecular weight excluding hydrogens is 220 g/mol. The van der Waals surface area contributed by atoms with E-state index in [1.54, 1.807) is 0 Å². The maximum absolute atomic E-state index is 8.56. The van der Waals surface area contributed by atoms with E-state index in [9.17, 15) is 0 Å². The van der Waals surface area contributed by atoms with Gasteiger partial charge in [-0.1, -0.05) is 0 Å². The monoisotopic (exact) mass is 224 g/mol. The zero-order valence-corrected chi connectivity index (χ0v) is 4.76. The Morgan fingerprint density at radius 1 is 1.00 bits per heavy atom. The second-order valence-electron chi connectivity index (χ2n) is 0.283. The summed E-state index contributed by atoms with van der Waals surface area (Å²) in [6.07, 6.45) is -1.83. The van der Waals surface area contributed by atoms with E-state index in [2.05, 4.69) is 0 Å². The summed E-state index contributed by atoms with van der Waals surface area (Å²) in [6.45, 7) is 0. The quantitative estimate of drug-likeness (QED) is 0.482. The van der Waals surface area contributed by atoms with Gasteiger partial charge in [0.15, 0.2) is 0 Å². The summed E-state index contributed by atoms with van der Waals surface area (Å²) in [5.41, 5.74) is 0. The molecule has 2 N–H and O–H groups in total. The topological polar surface area (TPSA) is 57.5 Å². The fourth-order valence-corrected chi connectivity index (χ4v) is 0. The van der Waals surface area contributed by atoms with Gasteiger partial charge in [0.2, 0.25) is 0 Å². The number of hydrogen-bond acceptors (Lipinski definition) is 1. The predicted molar refractivity (Wildman–Crippen MR) is 32.1 cm³/mol. The molecule has 0 aliphatic carbocycles. The third-order valence-electron chi connectivity index (χ3n) is 0. The normalized spacial score (nSPS) is 3.00. The first-order valence-electron chi connectivity index (χ1n) is 0.651. The molecule has 0 aromatic carbocycles. The molecule has 0 radical (unpaired) electrons. The fourth-order valence-electron chi connectivity index (χ4n) is 0. The van der Waals surface area contributed by atoms with Gasteiger partial charge in [-0.2, -0.15) is 0 Å². The smallest absolute Gasteiger partial charge is 0 e. The molecule has 0 saturated carbocycles. The zero-order valence-electron chi connectivity index (χ0n) is 2.30. The Hall–Kier alpha value is 3.15. The van der Waals surface area contributed by atoms with Gasteiger partial charge in [-0.25, -0.2) is 4.79 Å². The molecule has 0 aliphatic heterocycles. The van der Waals surface area contributed by atoms with Gasteiger partial charge in [0.1, 0.15) is 0 Å². The van der Waals surface area contributed by atoms with Crippen LogP contribution in [-0.2, 0) is 26.2 Å². The van der Waals surface area contributed by atoms with Gasteiger partial charge in [0.05, 0.1) is 0 Å². The van der Waals surface area contributed by atoms with E-state index >= 15 is 0 Å². The first-order valence-corrected chi connectivity index (χ1v) is 0.651. The first-order chi connectivity index (χ1) is 1.73. The maximum atomic E-state index is 8.56. The van der Waals surface area contributed by atoms with Crippen LogP contribution in [-0.4, -0.2) is 105 Å². The van der Waals surface area contributed by atoms with E-state index in [4.69, 9.17) is 15.0 Å². The molecule has 7 heteroatoms. The van der Waals surface area contributed by atoms with Crippen LogP contribution in [0.15, 0.2) is 0 Å². The third-order valence-corrected chi connectivity index (χ3v) is 0. The van der Waals surface area contributed by atoms with Crippen LogP contribution in [0.3, 0.4) is 0 Å². The van der Waals surface area contributed by atoms with Crippen molar-refractivity contribution < 1.29 is 41.2 Å². The molecule has 8 heavy (non-hydrogen) atoms. The molecule has 3 nitrogen and oxygen atoms in total. The Labute approximate surface area is 133 Å². The van der Waals surface area contributed by atoms with Gasteiger partial charge in [0, 0.05) is 26.2 Å². The van der Waals surface area contributed by atoms with E-state index in [0.717, 1.165) is 0 Å². The van der Waals surface area contributed by atoms with E-state index < -0.39 is 6.16 Å². The van der Waals surface area contributed by atoms with Crippen LogP contribution in [0.5, 0.6) is 0 Å². The Balaban J connectivity index is -0.00000000750. The Morgan fingerprint density at radius 3 is 1.00 bits per heavy atom. The van der Waals surface area contributed by atoms with Gasteiger partial charge >= 0.3 is 94.8 Å². The minimum atomic E-state index is -1.83. The van der Waals surface area contributed by atoms with Crippen molar-refractivity contribution in [3.8, 4) is 0 Å². The van der Waals surface area contributed by atoms with Crippen LogP contribution in [0.1, 0.15) is 0 Å². The Bertz CT molecular complexity index is 37.5. The van der Waals surface area contributed by atoms with Crippen molar-refractivity contribution in [1.82, 2.24) is 0 Å². The number of rotatable bonds is 0. The second kappa shape index (κ2) is 22.5. The van der Waals surface area contributed by atoms with E-state index in [1.807, 2.05) is 0 Å². The molecule has 0 amide bonds. The van der Waals surface area contributed by atoms with Gasteiger partial charge in [-0.15, -0.1) is 0 Å². The standard InChI is InChI=1S/CH2O3.3Na.Zr.3H/c2-1(3)4;;;;;;;/h(H2,2,3,4);;;;;;;. The summed E-state index contributed by atoms with van der Waals surface area (Å²) in [6, 6.07) is 0. The summed E-state index contributed by atoms with van der Waals surface area (Å²) >= 11 is 0. The Kier molecular flexibility index (Phi) is 85.3. The van der Waals surface area contributed by atoms with Crippen molar-refractivity contribution in [1.29, 1.82) is 0 Å². The van der Waals surface area contributed by atoms with Crippen molar-refractivity contribution in [2.24, 2.45) is 0 Å². The molecule has 0 spiro atoms. The molecule has 0 rings (SSSR count). The molecule has 34 valence electrons. The fraction of sp³-hybridized carbons (Fsp3) is 0. The van der Waals surface area contributed by atoms with Crippen molar-refractivity contribution in [3.63, 3.8) is 0 Å². The molecule has 0 fully saturated rings. The van der Waals surface area contributed by atoms with Crippen LogP contribution in [0, 0.1) is 0 Å². The average Bonchev–Trinajstić information content (AvgIpc) is 0.811. The zero-order chi connectivity index (χ0) is 3.58. The number of carbonyl (C=O) groups is 1. The molecule has 0 aromatic heterocycles. The van der Waals surface area contributed by atoms with Crippen LogP contribution in [0.2, 0.25) is 0 Å². The number of hydrogen-bond donors (Lipinski definition) is 2. The summed E-state index contributed by atoms with van der Waals surface area (Å²) in [5.74, 6) is 0. The maximum Gasteiger partial charge on any atom is 0 e. The summed E-state index contributed by atoms with van der Waals surface area (Å²) in [4.78, 5) is 8.56. The van der Waals surface area contributed by atoms with Crippen molar-refractivity contribution in [2.75, 3.05) is 0 Å². The number of carboxylic acid groups (broad SMARTS) is 2. The Morgan fingerprint density at radius 2 is 1.00 bits per heavy atom. The second-order valence-corrected chi connectivity index (χ2v) is 0.283. The molecular formula is CH5Na3O3Zr. The SMILES string of the molecule is O=C(O)O.[NaH].[NaH].[NaH].[Zr]. The van der Waals surface area contributed by atoms with Crippen molar-refractivity contribution in [3.05, 3.63) is 0 Å².